The van der Waals surface area contributed by atoms with E-state index in [2.05, 4.69) is 0 Å². The molecule has 0 fully saturated rings. The van der Waals surface area contributed by atoms with E-state index < -0.39 is 63.1 Å². The monoisotopic (exact) mass is 366 g/mol. The molecule has 26 heavy (non-hydrogen) atoms. The maximum atomic E-state index is 13.9. The Morgan fingerprint density at radius 3 is 2.38 bits per heavy atom. The van der Waals surface area contributed by atoms with Crippen LogP contribution in [0.5, 0.6) is 0 Å². The number of nitriles is 1. The van der Waals surface area contributed by atoms with Crippen molar-refractivity contribution in [3.05, 3.63) is 56.6 Å². The fraction of sp³-hybridized carbons (Fsp3) is 0.0667. The molecule has 11 heteroatoms. The molecule has 0 aliphatic carbocycles. The normalized spacial score (nSPS) is 13.3. The molecule has 0 saturated carbocycles. The number of rotatable bonds is 1. The Balaban J connectivity index is 2.52. The Morgan fingerprint density at radius 1 is 1.15 bits per heavy atom. The third kappa shape index (κ3) is 2.31. The third-order valence-corrected chi connectivity index (χ3v) is 3.71. The van der Waals surface area contributed by atoms with Gasteiger partial charge in [0.1, 0.15) is 23.3 Å². The van der Waals surface area contributed by atoms with Crippen LogP contribution in [0.1, 0.15) is 31.8 Å². The molecular weight excluding hydrogens is 360 g/mol. The molecule has 0 radical (unpaired) electrons. The molecule has 0 unspecified atom stereocenters. The Morgan fingerprint density at radius 2 is 1.81 bits per heavy atom. The second-order valence-corrected chi connectivity index (χ2v) is 5.20. The lowest BCUT2D eigenvalue weighted by atomic mass is 10.0. The highest BCUT2D eigenvalue weighted by Gasteiger charge is 2.40. The number of pyridine rings is 1. The van der Waals surface area contributed by atoms with Gasteiger partial charge in [-0.25, -0.2) is 4.39 Å². The summed E-state index contributed by atoms with van der Waals surface area (Å²) in [5, 5.41) is 10.9. The number of anilines is 1. The Hall–Kier alpha value is -3.68. The summed E-state index contributed by atoms with van der Waals surface area (Å²) in [7, 11) is 0. The molecule has 0 bridgehead atoms. The van der Waals surface area contributed by atoms with Gasteiger partial charge in [-0.05, 0) is 12.1 Å². The molecule has 2 amide bonds. The van der Waals surface area contributed by atoms with Gasteiger partial charge in [0.2, 0.25) is 0 Å². The molecule has 3 N–H and O–H groups in total. The predicted molar refractivity (Wildman–Crippen MR) is 77.9 cm³/mol. The smallest absolute Gasteiger partial charge is 0.384 e. The van der Waals surface area contributed by atoms with Crippen LogP contribution in [0.3, 0.4) is 0 Å². The molecular formula is C15H6F4N4O3. The number of nitrogens with two attached hydrogens (primary N) is 1. The van der Waals surface area contributed by atoms with Gasteiger partial charge in [0.15, 0.2) is 0 Å². The van der Waals surface area contributed by atoms with E-state index in [0.717, 1.165) is 6.07 Å². The standard InChI is InChI=1S/C15H6F4N4O3/c16-7-2-1-5(4-20)11(10(7)15(17,18)19)23-8(24)3-6-9(12(23)21)14(26)22-13(6)25/h1-3H,21H2,(H,22,25,26). The van der Waals surface area contributed by atoms with Crippen LogP contribution in [0.15, 0.2) is 23.0 Å². The van der Waals surface area contributed by atoms with Crippen LogP contribution >= 0.6 is 0 Å². The van der Waals surface area contributed by atoms with Crippen LogP contribution < -0.4 is 16.6 Å². The number of benzene rings is 1. The number of imide groups is 1. The van der Waals surface area contributed by atoms with Gasteiger partial charge in [-0.3, -0.25) is 24.3 Å². The quantitative estimate of drug-likeness (QED) is 0.583. The van der Waals surface area contributed by atoms with Gasteiger partial charge >= 0.3 is 6.18 Å². The summed E-state index contributed by atoms with van der Waals surface area (Å²) in [5.74, 6) is -4.53. The molecule has 7 nitrogen and oxygen atoms in total. The summed E-state index contributed by atoms with van der Waals surface area (Å²) in [6.07, 6.45) is -5.27. The molecule has 1 aromatic carbocycles. The highest BCUT2D eigenvalue weighted by molar-refractivity contribution is 6.23. The van der Waals surface area contributed by atoms with Gasteiger partial charge in [-0.2, -0.15) is 18.4 Å². The first kappa shape index (κ1) is 17.2. The lowest BCUT2D eigenvalue weighted by molar-refractivity contribution is -0.139. The van der Waals surface area contributed by atoms with E-state index in [-0.39, 0.29) is 4.57 Å². The number of hydrogen-bond donors (Lipinski definition) is 2. The highest BCUT2D eigenvalue weighted by atomic mass is 19.4. The van der Waals surface area contributed by atoms with E-state index in [1.54, 1.807) is 0 Å². The number of nitrogens with zero attached hydrogens (tertiary/aromatic N) is 2. The van der Waals surface area contributed by atoms with Crippen molar-refractivity contribution in [2.45, 2.75) is 6.18 Å². The van der Waals surface area contributed by atoms with Crippen LogP contribution in [0, 0.1) is 17.1 Å². The average molecular weight is 366 g/mol. The maximum Gasteiger partial charge on any atom is 0.421 e. The van der Waals surface area contributed by atoms with Crippen molar-refractivity contribution in [1.29, 1.82) is 5.26 Å². The van der Waals surface area contributed by atoms with Crippen LogP contribution in [0.4, 0.5) is 23.4 Å². The van der Waals surface area contributed by atoms with Gasteiger partial charge in [-0.1, -0.05) is 0 Å². The van der Waals surface area contributed by atoms with Crippen molar-refractivity contribution in [1.82, 2.24) is 9.88 Å². The lowest BCUT2D eigenvalue weighted by Gasteiger charge is -2.19. The minimum Gasteiger partial charge on any atom is -0.384 e. The van der Waals surface area contributed by atoms with E-state index in [0.29, 0.717) is 12.1 Å². The second kappa shape index (κ2) is 5.41. The minimum absolute atomic E-state index is 0.196. The Kier molecular flexibility index (Phi) is 3.57. The summed E-state index contributed by atoms with van der Waals surface area (Å²) < 4.78 is 54.1. The fourth-order valence-corrected chi connectivity index (χ4v) is 2.67. The first-order valence-corrected chi connectivity index (χ1v) is 6.79. The number of hydrogen-bond acceptors (Lipinski definition) is 5. The van der Waals surface area contributed by atoms with E-state index in [1.807, 2.05) is 5.32 Å². The molecule has 132 valence electrons. The van der Waals surface area contributed by atoms with Crippen molar-refractivity contribution in [3.63, 3.8) is 0 Å². The largest absolute Gasteiger partial charge is 0.421 e. The Bertz CT molecular complexity index is 1100. The van der Waals surface area contributed by atoms with Gasteiger partial charge in [0.25, 0.3) is 17.4 Å². The zero-order chi connectivity index (χ0) is 19.4. The number of nitrogen functional groups attached to an aromatic ring is 1. The van der Waals surface area contributed by atoms with Gasteiger partial charge in [0, 0.05) is 6.07 Å². The second-order valence-electron chi connectivity index (χ2n) is 5.20. The van der Waals surface area contributed by atoms with Crippen LogP contribution in [-0.2, 0) is 6.18 Å². The van der Waals surface area contributed by atoms with Gasteiger partial charge < -0.3 is 5.73 Å². The molecule has 2 heterocycles. The number of fused-ring (bicyclic) bond motifs is 1. The fourth-order valence-electron chi connectivity index (χ4n) is 2.67. The molecule has 1 aliphatic heterocycles. The van der Waals surface area contributed by atoms with Crippen LogP contribution in [0.25, 0.3) is 5.69 Å². The SMILES string of the molecule is N#Cc1ccc(F)c(C(F)(F)F)c1-n1c(N)c2c(cc1=O)C(=O)NC2=O. The summed E-state index contributed by atoms with van der Waals surface area (Å²) in [6.45, 7) is 0. The molecule has 1 aromatic heterocycles. The number of aromatic nitrogens is 1. The number of carbonyl (C=O) groups excluding carboxylic acids is 2. The molecule has 0 atom stereocenters. The van der Waals surface area contributed by atoms with Crippen LogP contribution in [-0.4, -0.2) is 16.4 Å². The number of nitrogens with one attached hydrogen (secondary N) is 1. The van der Waals surface area contributed by atoms with Crippen LogP contribution in [0.2, 0.25) is 0 Å². The zero-order valence-electron chi connectivity index (χ0n) is 12.4. The molecule has 3 rings (SSSR count). The van der Waals surface area contributed by atoms with E-state index in [9.17, 15) is 31.9 Å². The zero-order valence-corrected chi connectivity index (χ0v) is 12.4. The average Bonchev–Trinajstić information content (AvgIpc) is 2.80. The Labute approximate surface area is 141 Å². The van der Waals surface area contributed by atoms with Crippen molar-refractivity contribution in [2.24, 2.45) is 0 Å². The molecule has 2 aromatic rings. The minimum atomic E-state index is -5.27. The summed E-state index contributed by atoms with van der Waals surface area (Å²) in [6, 6.07) is 3.19. The van der Waals surface area contributed by atoms with E-state index in [1.165, 1.54) is 6.07 Å². The number of amides is 2. The maximum absolute atomic E-state index is 13.9. The third-order valence-electron chi connectivity index (χ3n) is 3.71. The topological polar surface area (TPSA) is 118 Å². The van der Waals surface area contributed by atoms with Gasteiger partial charge in [0.05, 0.1) is 22.4 Å². The van der Waals surface area contributed by atoms with Crippen molar-refractivity contribution in [2.75, 3.05) is 5.73 Å². The number of alkyl halides is 3. The highest BCUT2D eigenvalue weighted by Crippen LogP contribution is 2.38. The first-order valence-electron chi connectivity index (χ1n) is 6.79. The number of halogens is 4. The summed E-state index contributed by atoms with van der Waals surface area (Å²) in [4.78, 5) is 35.7. The van der Waals surface area contributed by atoms with Gasteiger partial charge in [-0.15, -0.1) is 0 Å². The molecule has 0 saturated heterocycles. The summed E-state index contributed by atoms with van der Waals surface area (Å²) >= 11 is 0. The lowest BCUT2D eigenvalue weighted by Crippen LogP contribution is -2.27. The molecule has 0 spiro atoms. The predicted octanol–water partition coefficient (Wildman–Crippen LogP) is 1.33. The van der Waals surface area contributed by atoms with Crippen molar-refractivity contribution < 1.29 is 27.2 Å². The summed E-state index contributed by atoms with van der Waals surface area (Å²) in [5.41, 5.74) is -0.277. The van der Waals surface area contributed by atoms with Crippen molar-refractivity contribution in [3.8, 4) is 11.8 Å². The number of carbonyl (C=O) groups is 2. The molecule has 1 aliphatic rings. The van der Waals surface area contributed by atoms with E-state index >= 15 is 0 Å². The first-order chi connectivity index (χ1) is 12.1. The van der Waals surface area contributed by atoms with Crippen molar-refractivity contribution >= 4 is 17.6 Å². The van der Waals surface area contributed by atoms with E-state index in [4.69, 9.17) is 11.0 Å².